The monoisotopic (exact) mass is 1640 g/mol. The Hall–Kier alpha value is -14.0. The van der Waals surface area contributed by atoms with Crippen molar-refractivity contribution in [2.24, 2.45) is 10.9 Å². The molecule has 2 aliphatic carbocycles. The minimum absolute atomic E-state index is 0.223. The number of aromatic amines is 4. The van der Waals surface area contributed by atoms with E-state index < -0.39 is 10.0 Å². The predicted molar refractivity (Wildman–Crippen MR) is 486 cm³/mol. The highest BCUT2D eigenvalue weighted by Crippen LogP contribution is 2.46. The smallest absolute Gasteiger partial charge is 0.294 e. The lowest BCUT2D eigenvalue weighted by Gasteiger charge is -2.13. The van der Waals surface area contributed by atoms with Crippen molar-refractivity contribution in [3.63, 3.8) is 0 Å². The van der Waals surface area contributed by atoms with E-state index in [4.69, 9.17) is 47.5 Å². The second kappa shape index (κ2) is 32.3. The summed E-state index contributed by atoms with van der Waals surface area (Å²) in [6, 6.07) is 61.9. The van der Waals surface area contributed by atoms with Crippen LogP contribution in [0, 0.1) is 75.2 Å². The van der Waals surface area contributed by atoms with Gasteiger partial charge in [0.25, 0.3) is 12.0 Å². The van der Waals surface area contributed by atoms with E-state index in [-0.39, 0.29) is 11.2 Å². The molecule has 2 fully saturated rings. The molecular formula is C98H93N15O8S. The zero-order chi connectivity index (χ0) is 84.5. The molecular weight excluding hydrogens is 1550 g/mol. The molecule has 614 valence electrons. The van der Waals surface area contributed by atoms with Crippen LogP contribution in [0.4, 0.5) is 11.9 Å². The molecule has 23 nitrogen and oxygen atoms in total. The van der Waals surface area contributed by atoms with E-state index in [2.05, 4.69) is 223 Å². The Bertz CT molecular complexity index is 7220. The second-order valence-electron chi connectivity index (χ2n) is 32.0. The van der Waals surface area contributed by atoms with Crippen molar-refractivity contribution in [2.75, 3.05) is 36.8 Å². The minimum Gasteiger partial charge on any atom is -0.468 e. The highest BCUT2D eigenvalue weighted by Gasteiger charge is 2.37. The van der Waals surface area contributed by atoms with Gasteiger partial charge < -0.3 is 52.8 Å². The fourth-order valence-corrected chi connectivity index (χ4v) is 18.4. The maximum Gasteiger partial charge on any atom is 0.294 e. The molecule has 24 heteroatoms. The van der Waals surface area contributed by atoms with Gasteiger partial charge in [0.05, 0.1) is 81.4 Å². The fraction of sp³-hybridized carbons (Fsp3) is 0.235. The van der Waals surface area contributed by atoms with E-state index in [1.54, 1.807) is 7.11 Å². The molecule has 10 aromatic carbocycles. The first-order valence-corrected chi connectivity index (χ1v) is 42.7. The lowest BCUT2D eigenvalue weighted by Crippen LogP contribution is -2.18. The van der Waals surface area contributed by atoms with Gasteiger partial charge in [-0.3, -0.25) is 9.71 Å². The first-order valence-electron chi connectivity index (χ1n) is 41.2. The molecule has 0 bridgehead atoms. The molecule has 3 aliphatic rings. The highest BCUT2D eigenvalue weighted by atomic mass is 32.2. The van der Waals surface area contributed by atoms with Gasteiger partial charge in [0.2, 0.25) is 21.9 Å². The van der Waals surface area contributed by atoms with Crippen LogP contribution in [0.5, 0.6) is 12.0 Å². The molecule has 0 amide bonds. The Morgan fingerprint density at radius 2 is 0.844 bits per heavy atom. The van der Waals surface area contributed by atoms with Crippen molar-refractivity contribution in [3.8, 4) is 101 Å². The summed E-state index contributed by atoms with van der Waals surface area (Å²) in [5.41, 5.74) is 34.2. The zero-order valence-corrected chi connectivity index (χ0v) is 71.4. The van der Waals surface area contributed by atoms with Gasteiger partial charge in [-0.2, -0.15) is 9.97 Å². The van der Waals surface area contributed by atoms with Gasteiger partial charge in [0.15, 0.2) is 0 Å². The summed E-state index contributed by atoms with van der Waals surface area (Å²) in [5.74, 6) is 5.01. The predicted octanol–water partition coefficient (Wildman–Crippen LogP) is 23.3. The molecule has 0 saturated heterocycles. The molecule has 122 heavy (non-hydrogen) atoms. The number of hydrogen-bond donors (Lipinski definition) is 6. The van der Waals surface area contributed by atoms with Crippen LogP contribution in [0.15, 0.2) is 205 Å². The number of sulfonamides is 1. The molecule has 1 aliphatic heterocycles. The van der Waals surface area contributed by atoms with E-state index in [1.165, 1.54) is 67.8 Å². The average Bonchev–Trinajstić information content (AvgIpc) is 1.46. The number of allylic oxidation sites excluding steroid dienone is 1. The highest BCUT2D eigenvalue weighted by molar-refractivity contribution is 7.93. The van der Waals surface area contributed by atoms with Gasteiger partial charge >= 0.3 is 0 Å². The number of fused-ring (bicyclic) bond motifs is 6. The van der Waals surface area contributed by atoms with Crippen LogP contribution in [-0.4, -0.2) is 107 Å². The summed E-state index contributed by atoms with van der Waals surface area (Å²) in [5, 5.41) is 24.5. The number of aromatic nitrogens is 12. The molecule has 0 radical (unpaired) electrons. The maximum atomic E-state index is 12.6. The molecule has 9 heterocycles. The number of aryl methyl sites for hydroxylation is 10. The largest absolute Gasteiger partial charge is 0.468 e. The van der Waals surface area contributed by atoms with Crippen LogP contribution in [0.1, 0.15) is 109 Å². The van der Waals surface area contributed by atoms with Crippen molar-refractivity contribution in [1.29, 1.82) is 0 Å². The average molecular weight is 1640 g/mol. The van der Waals surface area contributed by atoms with Crippen molar-refractivity contribution in [3.05, 3.63) is 244 Å². The van der Waals surface area contributed by atoms with Crippen molar-refractivity contribution >= 4 is 98.9 Å². The molecule has 6 N–H and O–H groups in total. The minimum atomic E-state index is -3.45. The van der Waals surface area contributed by atoms with Crippen LogP contribution in [0.3, 0.4) is 0 Å². The molecule has 0 atom stereocenters. The van der Waals surface area contributed by atoms with Crippen molar-refractivity contribution in [2.45, 2.75) is 121 Å². The molecule has 0 spiro atoms. The quantitative estimate of drug-likeness (QED) is 0.0465. The summed E-state index contributed by atoms with van der Waals surface area (Å²) < 4.78 is 60.6. The van der Waals surface area contributed by atoms with Crippen molar-refractivity contribution in [1.82, 2.24) is 60.5 Å². The Kier molecular flexibility index (Phi) is 20.9. The summed E-state index contributed by atoms with van der Waals surface area (Å²) >= 11 is 0. The topological polar surface area (TPSA) is 308 Å². The summed E-state index contributed by atoms with van der Waals surface area (Å²) in [7, 11) is -1.83. The molecule has 18 aromatic rings. The fourth-order valence-electron chi connectivity index (χ4n) is 17.1. The number of methoxy groups -OCH3 is 1. The number of H-pyrrole nitrogens is 4. The SMILES string of the molecule is CC1=NCC(C)=C1c1cc(-c2c(C)noc2C)cc2[nH]c(NCC3CC3)nc12.CCOc1nc2c(-c3c(C)ccc4ccccc34)cc(-c3c(C)noc3C)cc2[nH]1.COc1nc2c(-c3c(C)ccc4ccccc34)cc(-c3c(C)noc3C)cc2[nH]1.Cc1noc(C)c1-c1cc(-c2ccccc2-c2ccccc2)c2nc(NS(=O)(=O)C3CC3)[nH]c2c1. The van der Waals surface area contributed by atoms with Gasteiger partial charge in [0, 0.05) is 62.3 Å². The Morgan fingerprint density at radius 3 is 1.31 bits per heavy atom. The Balaban J connectivity index is 0.000000112. The van der Waals surface area contributed by atoms with Gasteiger partial charge in [-0.1, -0.05) is 148 Å². The van der Waals surface area contributed by atoms with Gasteiger partial charge in [-0.25, -0.2) is 18.4 Å². The number of hydrogen-bond acceptors (Lipinski definition) is 18. The molecule has 0 unspecified atom stereocenters. The van der Waals surface area contributed by atoms with Crippen LogP contribution in [0.25, 0.3) is 160 Å². The van der Waals surface area contributed by atoms with E-state index in [9.17, 15) is 8.42 Å². The van der Waals surface area contributed by atoms with Gasteiger partial charge in [-0.05, 0) is 258 Å². The Labute approximate surface area is 705 Å². The number of nitrogens with one attached hydrogen (secondary N) is 6. The third-order valence-corrected chi connectivity index (χ3v) is 25.1. The number of imidazole rings is 4. The summed E-state index contributed by atoms with van der Waals surface area (Å²) in [4.78, 5) is 37.0. The lowest BCUT2D eigenvalue weighted by atomic mass is 9.90. The number of anilines is 2. The standard InChI is InChI=1S/C27H24N4O3S.C25H23N3O2.C24H21N3O2.C22H25N5O/c1-16-25(17(2)34-30-16)19-14-23(22-11-7-6-10-21(22)18-8-4-3-5-9-18)26-24(15-19)28-27(29-26)31-35(32,33)20-12-13-20;1-5-29-25-26-21-13-18(23-15(3)28-30-16(23)4)12-20(24(21)27-25)22-14(2)10-11-17-8-6-7-9-19(17)22;1-13-9-10-16-7-5-6-8-18(16)21(13)19-11-17(22-14(2)27-29-15(22)3)12-20-23(19)26-24(25-20)28-4;1-11-9-23-12(2)19(11)17-7-16(20-13(3)27-28-14(20)4)8-18-21(17)26-22(25-18)24-10-15-5-6-15/h3-11,14-15,20H,12-13H2,1-2H3,(H2,28,29,31);6-13H,5H2,1-4H3,(H,26,27);5-12H,1-4H3,(H,25,26);7-8,15H,5-6,9-10H2,1-4H3,(H2,24,25,26). The maximum absolute atomic E-state index is 12.6. The normalized spacial score (nSPS) is 13.4. The van der Waals surface area contributed by atoms with Gasteiger partial charge in [0.1, 0.15) is 34.1 Å². The molecule has 21 rings (SSSR count). The zero-order valence-electron chi connectivity index (χ0n) is 70.5. The molecule has 8 aromatic heterocycles. The van der Waals surface area contributed by atoms with Gasteiger partial charge in [-0.15, -0.1) is 0 Å². The van der Waals surface area contributed by atoms with E-state index in [0.29, 0.717) is 37.0 Å². The van der Waals surface area contributed by atoms with E-state index in [1.807, 2.05) is 98.7 Å². The third-order valence-electron chi connectivity index (χ3n) is 23.2. The lowest BCUT2D eigenvalue weighted by molar-refractivity contribution is 0.317. The van der Waals surface area contributed by atoms with Crippen LogP contribution in [0.2, 0.25) is 0 Å². The van der Waals surface area contributed by atoms with E-state index in [0.717, 1.165) is 199 Å². The second-order valence-corrected chi connectivity index (χ2v) is 33.9. The first kappa shape index (κ1) is 79.1. The van der Waals surface area contributed by atoms with Crippen molar-refractivity contribution < 1.29 is 36.0 Å². The Morgan fingerprint density at radius 1 is 0.418 bits per heavy atom. The van der Waals surface area contributed by atoms with Crippen LogP contribution >= 0.6 is 0 Å². The number of nitrogens with zero attached hydrogens (tertiary/aromatic N) is 9. The van der Waals surface area contributed by atoms with Crippen LogP contribution < -0.4 is 19.5 Å². The number of benzene rings is 10. The summed E-state index contributed by atoms with van der Waals surface area (Å²) in [6.07, 6.45) is 4.00. The summed E-state index contributed by atoms with van der Waals surface area (Å²) in [6.45, 7) is 28.3. The number of ether oxygens (including phenoxy) is 2. The first-order chi connectivity index (χ1) is 59.0. The van der Waals surface area contributed by atoms with E-state index >= 15 is 0 Å². The number of aliphatic imine (C=N–C) groups is 1. The van der Waals surface area contributed by atoms with Crippen LogP contribution in [-0.2, 0) is 10.0 Å². The molecule has 2 saturated carbocycles. The third kappa shape index (κ3) is 15.2. The number of rotatable bonds is 18.